The van der Waals surface area contributed by atoms with Gasteiger partial charge in [-0.3, -0.25) is 0 Å². The average molecular weight is 262 g/mol. The smallest absolute Gasteiger partial charge is 0.133 e. The second-order valence-electron chi connectivity index (χ2n) is 4.30. The lowest BCUT2D eigenvalue weighted by atomic mass is 10.1. The fraction of sp³-hybridized carbons (Fsp3) is 0.286. The van der Waals surface area contributed by atoms with Crippen molar-refractivity contribution in [3.05, 3.63) is 57.6 Å². The fourth-order valence-electron chi connectivity index (χ4n) is 2.01. The van der Waals surface area contributed by atoms with Gasteiger partial charge in [0.25, 0.3) is 0 Å². The maximum atomic E-state index is 5.96. The van der Waals surface area contributed by atoms with Gasteiger partial charge >= 0.3 is 0 Å². The number of nitrogens with two attached hydrogens (primary N) is 1. The molecule has 0 aliphatic rings. The zero-order valence-corrected chi connectivity index (χ0v) is 11.3. The normalized spacial score (nSPS) is 10.7. The van der Waals surface area contributed by atoms with Crippen molar-refractivity contribution in [2.45, 2.75) is 26.8 Å². The third kappa shape index (κ3) is 2.86. The summed E-state index contributed by atoms with van der Waals surface area (Å²) in [6.45, 7) is 4.42. The summed E-state index contributed by atoms with van der Waals surface area (Å²) in [5.74, 6) is 0.810. The first-order valence-corrected chi connectivity index (χ1v) is 6.25. The number of aryl methyl sites for hydroxylation is 2. The van der Waals surface area contributed by atoms with Gasteiger partial charge < -0.3 is 5.73 Å². The molecule has 18 heavy (non-hydrogen) atoms. The minimum atomic E-state index is 0.481. The predicted octanol–water partition coefficient (Wildman–Crippen LogP) is 2.80. The Kier molecular flexibility index (Phi) is 3.94. The lowest BCUT2D eigenvalue weighted by molar-refractivity contribution is 0.867. The zero-order valence-electron chi connectivity index (χ0n) is 10.6. The van der Waals surface area contributed by atoms with E-state index in [9.17, 15) is 0 Å². The second kappa shape index (κ2) is 5.46. The maximum Gasteiger partial charge on any atom is 0.133 e. The highest BCUT2D eigenvalue weighted by Gasteiger charge is 2.07. The first-order chi connectivity index (χ1) is 8.60. The Morgan fingerprint density at radius 3 is 2.39 bits per heavy atom. The van der Waals surface area contributed by atoms with Gasteiger partial charge in [-0.1, -0.05) is 23.7 Å². The summed E-state index contributed by atoms with van der Waals surface area (Å²) in [5, 5.41) is 0.736. The highest BCUT2D eigenvalue weighted by atomic mass is 35.5. The Balaban J connectivity index is 2.30. The number of nitrogens with zero attached hydrogens (tertiary/aromatic N) is 2. The Bertz CT molecular complexity index is 544. The molecule has 1 aromatic heterocycles. The molecule has 4 heteroatoms. The van der Waals surface area contributed by atoms with E-state index in [1.807, 2.05) is 38.1 Å². The molecule has 0 bridgehead atoms. The molecule has 2 aromatic rings. The van der Waals surface area contributed by atoms with Crippen LogP contribution in [0.15, 0.2) is 24.3 Å². The number of halogens is 1. The molecule has 0 saturated carbocycles. The molecule has 2 rings (SSSR count). The molecule has 3 nitrogen and oxygen atoms in total. The highest BCUT2D eigenvalue weighted by molar-refractivity contribution is 6.30. The quantitative estimate of drug-likeness (QED) is 0.924. The molecule has 0 spiro atoms. The van der Waals surface area contributed by atoms with Crippen molar-refractivity contribution in [3.63, 3.8) is 0 Å². The summed E-state index contributed by atoms with van der Waals surface area (Å²) in [6.07, 6.45) is 0.688. The minimum absolute atomic E-state index is 0.481. The largest absolute Gasteiger partial charge is 0.326 e. The summed E-state index contributed by atoms with van der Waals surface area (Å²) >= 11 is 5.96. The van der Waals surface area contributed by atoms with Crippen LogP contribution in [-0.4, -0.2) is 9.97 Å². The van der Waals surface area contributed by atoms with Crippen molar-refractivity contribution < 1.29 is 0 Å². The van der Waals surface area contributed by atoms with Crippen molar-refractivity contribution in [2.24, 2.45) is 5.73 Å². The van der Waals surface area contributed by atoms with E-state index < -0.39 is 0 Å². The summed E-state index contributed by atoms with van der Waals surface area (Å²) in [7, 11) is 0. The molecule has 0 saturated heterocycles. The van der Waals surface area contributed by atoms with Crippen LogP contribution in [0.4, 0.5) is 0 Å². The number of hydrogen-bond donors (Lipinski definition) is 1. The average Bonchev–Trinajstić information content (AvgIpc) is 2.28. The molecular weight excluding hydrogens is 246 g/mol. The number of hydrogen-bond acceptors (Lipinski definition) is 3. The third-order valence-electron chi connectivity index (χ3n) is 2.92. The lowest BCUT2D eigenvalue weighted by Crippen LogP contribution is -2.09. The van der Waals surface area contributed by atoms with E-state index in [4.69, 9.17) is 17.3 Å². The predicted molar refractivity (Wildman–Crippen MR) is 73.7 cm³/mol. The third-order valence-corrected chi connectivity index (χ3v) is 3.16. The standard InChI is InChI=1S/C14H16ClN3/c1-9-13(8-16)10(2)18-14(17-9)7-11-4-3-5-12(15)6-11/h3-6H,7-8,16H2,1-2H3. The van der Waals surface area contributed by atoms with E-state index in [0.717, 1.165) is 33.4 Å². The molecular formula is C14H16ClN3. The monoisotopic (exact) mass is 261 g/mol. The molecule has 0 aliphatic carbocycles. The molecule has 1 heterocycles. The Morgan fingerprint density at radius 1 is 1.17 bits per heavy atom. The van der Waals surface area contributed by atoms with Crippen LogP contribution in [0, 0.1) is 13.8 Å². The molecule has 0 fully saturated rings. The van der Waals surface area contributed by atoms with Crippen LogP contribution in [0.3, 0.4) is 0 Å². The van der Waals surface area contributed by atoms with E-state index in [-0.39, 0.29) is 0 Å². The number of rotatable bonds is 3. The summed E-state index contributed by atoms with van der Waals surface area (Å²) in [5.41, 5.74) is 9.74. The van der Waals surface area contributed by atoms with Crippen LogP contribution in [-0.2, 0) is 13.0 Å². The van der Waals surface area contributed by atoms with Gasteiger partial charge in [-0.15, -0.1) is 0 Å². The van der Waals surface area contributed by atoms with Crippen molar-refractivity contribution in [1.29, 1.82) is 0 Å². The molecule has 94 valence electrons. The van der Waals surface area contributed by atoms with Gasteiger partial charge in [0.15, 0.2) is 0 Å². The van der Waals surface area contributed by atoms with Gasteiger partial charge in [-0.2, -0.15) is 0 Å². The zero-order chi connectivity index (χ0) is 13.1. The van der Waals surface area contributed by atoms with Crippen LogP contribution in [0.1, 0.15) is 28.3 Å². The first-order valence-electron chi connectivity index (χ1n) is 5.87. The summed E-state index contributed by atoms with van der Waals surface area (Å²) < 4.78 is 0. The van der Waals surface area contributed by atoms with Crippen molar-refractivity contribution in [1.82, 2.24) is 9.97 Å². The Hall–Kier alpha value is -1.45. The van der Waals surface area contributed by atoms with Crippen molar-refractivity contribution in [2.75, 3.05) is 0 Å². The molecule has 0 aliphatic heterocycles. The van der Waals surface area contributed by atoms with Gasteiger partial charge in [0, 0.05) is 34.9 Å². The molecule has 0 atom stereocenters. The minimum Gasteiger partial charge on any atom is -0.326 e. The van der Waals surface area contributed by atoms with E-state index in [1.165, 1.54) is 0 Å². The van der Waals surface area contributed by atoms with Crippen LogP contribution < -0.4 is 5.73 Å². The maximum absolute atomic E-state index is 5.96. The summed E-state index contributed by atoms with van der Waals surface area (Å²) in [4.78, 5) is 8.99. The number of benzene rings is 1. The highest BCUT2D eigenvalue weighted by Crippen LogP contribution is 2.15. The van der Waals surface area contributed by atoms with Gasteiger partial charge in [0.1, 0.15) is 5.82 Å². The van der Waals surface area contributed by atoms with E-state index in [1.54, 1.807) is 0 Å². The second-order valence-corrected chi connectivity index (χ2v) is 4.74. The van der Waals surface area contributed by atoms with Gasteiger partial charge in [0.05, 0.1) is 0 Å². The summed E-state index contributed by atoms with van der Waals surface area (Å²) in [6, 6.07) is 7.76. The van der Waals surface area contributed by atoms with Crippen LogP contribution >= 0.6 is 11.6 Å². The van der Waals surface area contributed by atoms with Crippen molar-refractivity contribution >= 4 is 11.6 Å². The number of aromatic nitrogens is 2. The molecule has 2 N–H and O–H groups in total. The molecule has 0 unspecified atom stereocenters. The topological polar surface area (TPSA) is 51.8 Å². The van der Waals surface area contributed by atoms with Crippen LogP contribution in [0.5, 0.6) is 0 Å². The van der Waals surface area contributed by atoms with Gasteiger partial charge in [0.2, 0.25) is 0 Å². The molecule has 1 aromatic carbocycles. The van der Waals surface area contributed by atoms with Gasteiger partial charge in [-0.25, -0.2) is 9.97 Å². The van der Waals surface area contributed by atoms with E-state index in [0.29, 0.717) is 13.0 Å². The Morgan fingerprint density at radius 2 is 1.83 bits per heavy atom. The van der Waals surface area contributed by atoms with Gasteiger partial charge in [-0.05, 0) is 31.5 Å². The van der Waals surface area contributed by atoms with E-state index in [2.05, 4.69) is 9.97 Å². The Labute approximate surface area is 112 Å². The van der Waals surface area contributed by atoms with E-state index >= 15 is 0 Å². The van der Waals surface area contributed by atoms with Crippen molar-refractivity contribution in [3.8, 4) is 0 Å². The van der Waals surface area contributed by atoms with Crippen LogP contribution in [0.2, 0.25) is 5.02 Å². The fourth-order valence-corrected chi connectivity index (χ4v) is 2.23. The molecule has 0 radical (unpaired) electrons. The first kappa shape index (κ1) is 13.0. The molecule has 0 amide bonds. The SMILES string of the molecule is Cc1nc(Cc2cccc(Cl)c2)nc(C)c1CN. The lowest BCUT2D eigenvalue weighted by Gasteiger charge is -2.09. The van der Waals surface area contributed by atoms with Crippen LogP contribution in [0.25, 0.3) is 0 Å².